The highest BCUT2D eigenvalue weighted by Crippen LogP contribution is 2.42. The molecule has 2 aliphatic rings. The van der Waals surface area contributed by atoms with Gasteiger partial charge in [0.25, 0.3) is 0 Å². The molecule has 1 fully saturated rings. The largest absolute Gasteiger partial charge is 0.507 e. The lowest BCUT2D eigenvalue weighted by Gasteiger charge is -2.39. The number of carbonyl (C=O) groups is 2. The van der Waals surface area contributed by atoms with Crippen molar-refractivity contribution in [1.29, 1.82) is 0 Å². The average Bonchev–Trinajstić information content (AvgIpc) is 2.90. The van der Waals surface area contributed by atoms with Crippen LogP contribution in [0.4, 0.5) is 0 Å². The van der Waals surface area contributed by atoms with Gasteiger partial charge in [-0.05, 0) is 24.6 Å². The molecule has 0 spiro atoms. The molecular weight excluding hydrogens is 502 g/mol. The Hall–Kier alpha value is -3.75. The third-order valence-electron chi connectivity index (χ3n) is 6.66. The molecule has 38 heavy (non-hydrogen) atoms. The number of nitrogens with one attached hydrogen (secondary N) is 1. The summed E-state index contributed by atoms with van der Waals surface area (Å²) in [6.45, 7) is 1.01. The molecule has 0 amide bonds. The molecule has 1 aliphatic heterocycles. The molecule has 13 nitrogen and oxygen atoms in total. The molecule has 1 aliphatic carbocycles. The second kappa shape index (κ2) is 10.6. The Bertz CT molecular complexity index is 1310. The first kappa shape index (κ1) is 27.3. The van der Waals surface area contributed by atoms with E-state index < -0.39 is 54.6 Å². The van der Waals surface area contributed by atoms with Crippen LogP contribution in [0, 0.1) is 6.92 Å². The van der Waals surface area contributed by atoms with Crippen LogP contribution in [-0.4, -0.2) is 94.5 Å². The minimum Gasteiger partial charge on any atom is -0.507 e. The summed E-state index contributed by atoms with van der Waals surface area (Å²) in [5.74, 6) is -1.74. The maximum Gasteiger partial charge on any atom is 0.229 e. The number of phenols is 1. The van der Waals surface area contributed by atoms with Gasteiger partial charge >= 0.3 is 0 Å². The SMILES string of the molecule is CN=C(N)NCc1c(C)cc2c(c1O)C(=O)c1c(O[C@@H]3O[C@H](CO)[C@@H](O)[C@H](O)[C@H]3O)cc(OC)cc1C2=O. The molecule has 2 aromatic carbocycles. The van der Waals surface area contributed by atoms with Gasteiger partial charge in [0.2, 0.25) is 12.1 Å². The van der Waals surface area contributed by atoms with Crippen LogP contribution in [0.1, 0.15) is 43.0 Å². The van der Waals surface area contributed by atoms with Crippen molar-refractivity contribution in [2.24, 2.45) is 10.7 Å². The van der Waals surface area contributed by atoms with Crippen molar-refractivity contribution in [3.63, 3.8) is 0 Å². The predicted octanol–water partition coefficient (Wildman–Crippen LogP) is -1.30. The lowest BCUT2D eigenvalue weighted by Crippen LogP contribution is -2.60. The number of phenolic OH excluding ortho intramolecular Hbond substituents is 1. The van der Waals surface area contributed by atoms with Gasteiger partial charge in [-0.1, -0.05) is 0 Å². The second-order valence-electron chi connectivity index (χ2n) is 8.93. The lowest BCUT2D eigenvalue weighted by molar-refractivity contribution is -0.277. The fourth-order valence-electron chi connectivity index (χ4n) is 4.51. The molecule has 2 aromatic rings. The summed E-state index contributed by atoms with van der Waals surface area (Å²) in [4.78, 5) is 31.1. The standard InChI is InChI=1S/C25H29N3O10/c1-9-4-11-17(19(31)13(9)7-28-25(26)27-2)21(33)16-12(18(11)30)5-10(36-3)6-14(16)37-24-23(35)22(34)20(32)15(8-29)38-24/h4-6,15,20,22-24,29,31-32,34-35H,7-8H2,1-3H3,(H3,26,27,28)/t15-,20-,22+,23-,24-/m1/s1. The van der Waals surface area contributed by atoms with E-state index in [0.717, 1.165) is 0 Å². The van der Waals surface area contributed by atoms with E-state index in [1.165, 1.54) is 32.4 Å². The first-order chi connectivity index (χ1) is 18.0. The number of methoxy groups -OCH3 is 1. The highest BCUT2D eigenvalue weighted by atomic mass is 16.7. The van der Waals surface area contributed by atoms with Crippen molar-refractivity contribution in [1.82, 2.24) is 5.32 Å². The summed E-state index contributed by atoms with van der Waals surface area (Å²) in [7, 11) is 2.81. The molecule has 13 heteroatoms. The molecule has 0 saturated carbocycles. The van der Waals surface area contributed by atoms with Crippen molar-refractivity contribution in [3.8, 4) is 17.2 Å². The third-order valence-corrected chi connectivity index (χ3v) is 6.66. The van der Waals surface area contributed by atoms with E-state index in [1.807, 2.05) is 0 Å². The first-order valence-electron chi connectivity index (χ1n) is 11.6. The zero-order chi connectivity index (χ0) is 27.9. The number of ketones is 2. The zero-order valence-corrected chi connectivity index (χ0v) is 20.8. The molecule has 204 valence electrons. The van der Waals surface area contributed by atoms with E-state index in [4.69, 9.17) is 19.9 Å². The number of hydrogen-bond donors (Lipinski definition) is 7. The number of guanidine groups is 1. The summed E-state index contributed by atoms with van der Waals surface area (Å²) < 4.78 is 16.4. The molecular formula is C25H29N3O10. The topological polar surface area (TPSA) is 213 Å². The molecule has 0 bridgehead atoms. The zero-order valence-electron chi connectivity index (χ0n) is 20.8. The van der Waals surface area contributed by atoms with E-state index in [9.17, 15) is 35.1 Å². The number of aromatic hydroxyl groups is 1. The Kier molecular flexibility index (Phi) is 7.58. The number of carbonyl (C=O) groups excluding carboxylic acids is 2. The summed E-state index contributed by atoms with van der Waals surface area (Å²) in [6, 6.07) is 4.12. The van der Waals surface area contributed by atoms with Crippen LogP contribution in [0.5, 0.6) is 17.2 Å². The Labute approximate surface area is 217 Å². The van der Waals surface area contributed by atoms with Crippen LogP contribution < -0.4 is 20.5 Å². The number of nitrogens with two attached hydrogens (primary N) is 1. The van der Waals surface area contributed by atoms with Crippen LogP contribution in [-0.2, 0) is 11.3 Å². The van der Waals surface area contributed by atoms with Crippen molar-refractivity contribution in [2.75, 3.05) is 20.8 Å². The van der Waals surface area contributed by atoms with Gasteiger partial charge in [0.05, 0.1) is 24.8 Å². The van der Waals surface area contributed by atoms with E-state index in [1.54, 1.807) is 6.92 Å². The maximum absolute atomic E-state index is 13.8. The fourth-order valence-corrected chi connectivity index (χ4v) is 4.51. The number of nitrogens with zero attached hydrogens (tertiary/aromatic N) is 1. The van der Waals surface area contributed by atoms with E-state index in [0.29, 0.717) is 11.1 Å². The predicted molar refractivity (Wildman–Crippen MR) is 131 cm³/mol. The van der Waals surface area contributed by atoms with Gasteiger partial charge in [-0.2, -0.15) is 0 Å². The second-order valence-corrected chi connectivity index (χ2v) is 8.93. The molecule has 4 rings (SSSR count). The molecule has 0 unspecified atom stereocenters. The van der Waals surface area contributed by atoms with Gasteiger partial charge in [0, 0.05) is 36.3 Å². The van der Waals surface area contributed by atoms with E-state index >= 15 is 0 Å². The van der Waals surface area contributed by atoms with Crippen molar-refractivity contribution < 1.29 is 49.3 Å². The number of fused-ring (bicyclic) bond motifs is 2. The monoisotopic (exact) mass is 531 g/mol. The van der Waals surface area contributed by atoms with E-state index in [2.05, 4.69) is 10.3 Å². The van der Waals surface area contributed by atoms with Crippen LogP contribution in [0.15, 0.2) is 23.2 Å². The Morgan fingerprint density at radius 3 is 2.39 bits per heavy atom. The van der Waals surface area contributed by atoms with Gasteiger partial charge in [-0.15, -0.1) is 0 Å². The summed E-state index contributed by atoms with van der Waals surface area (Å²) in [5.41, 5.74) is 5.96. The van der Waals surface area contributed by atoms with Crippen molar-refractivity contribution in [3.05, 3.63) is 51.6 Å². The quantitative estimate of drug-likeness (QED) is 0.146. The number of aliphatic imine (C=N–C) groups is 1. The van der Waals surface area contributed by atoms with Gasteiger partial charge in [0.15, 0.2) is 11.7 Å². The number of rotatable bonds is 6. The third kappa shape index (κ3) is 4.54. The molecule has 5 atom stereocenters. The summed E-state index contributed by atoms with van der Waals surface area (Å²) in [6.07, 6.45) is -8.02. The normalized spacial score (nSPS) is 25.0. The van der Waals surface area contributed by atoms with Crippen molar-refractivity contribution in [2.45, 2.75) is 44.2 Å². The minimum atomic E-state index is -1.77. The smallest absolute Gasteiger partial charge is 0.229 e. The number of aryl methyl sites for hydroxylation is 1. The Balaban J connectivity index is 1.81. The van der Waals surface area contributed by atoms with Gasteiger partial charge < -0.3 is 50.8 Å². The van der Waals surface area contributed by atoms with Gasteiger partial charge in [0.1, 0.15) is 41.7 Å². The highest BCUT2D eigenvalue weighted by Gasteiger charge is 2.46. The van der Waals surface area contributed by atoms with Crippen molar-refractivity contribution >= 4 is 17.5 Å². The number of hydrogen-bond acceptors (Lipinski definition) is 11. The van der Waals surface area contributed by atoms with Crippen LogP contribution in [0.25, 0.3) is 0 Å². The number of benzene rings is 2. The molecule has 0 aromatic heterocycles. The molecule has 0 radical (unpaired) electrons. The van der Waals surface area contributed by atoms with Gasteiger partial charge in [-0.3, -0.25) is 14.6 Å². The first-order valence-corrected chi connectivity index (χ1v) is 11.6. The van der Waals surface area contributed by atoms with Gasteiger partial charge in [-0.25, -0.2) is 0 Å². The lowest BCUT2D eigenvalue weighted by atomic mass is 9.81. The Morgan fingerprint density at radius 2 is 1.76 bits per heavy atom. The Morgan fingerprint density at radius 1 is 1.08 bits per heavy atom. The van der Waals surface area contributed by atoms with Crippen LogP contribution in [0.2, 0.25) is 0 Å². The number of aliphatic hydroxyl groups is 4. The van der Waals surface area contributed by atoms with Crippen LogP contribution in [0.3, 0.4) is 0 Å². The molecule has 1 heterocycles. The average molecular weight is 532 g/mol. The van der Waals surface area contributed by atoms with Crippen LogP contribution >= 0.6 is 0 Å². The number of aliphatic hydroxyl groups excluding tert-OH is 4. The fraction of sp³-hybridized carbons (Fsp3) is 0.400. The maximum atomic E-state index is 13.8. The number of ether oxygens (including phenoxy) is 3. The minimum absolute atomic E-state index is 0.0228. The summed E-state index contributed by atoms with van der Waals surface area (Å²) >= 11 is 0. The molecule has 8 N–H and O–H groups in total. The highest BCUT2D eigenvalue weighted by molar-refractivity contribution is 6.30. The molecule has 1 saturated heterocycles. The summed E-state index contributed by atoms with van der Waals surface area (Å²) in [5, 5.41) is 54.0. The van der Waals surface area contributed by atoms with E-state index in [-0.39, 0.29) is 46.3 Å².